The van der Waals surface area contributed by atoms with Gasteiger partial charge < -0.3 is 9.47 Å². The molecule has 2 saturated carbocycles. The average Bonchev–Trinajstić information content (AvgIpc) is 3.16. The van der Waals surface area contributed by atoms with Gasteiger partial charge in [-0.1, -0.05) is 55.1 Å². The summed E-state index contributed by atoms with van der Waals surface area (Å²) in [6.07, 6.45) is 12.3. The molecule has 0 bridgehead atoms. The smallest absolute Gasteiger partial charge is 0.340 e. The van der Waals surface area contributed by atoms with Crippen molar-refractivity contribution in [3.05, 3.63) is 10.6 Å². The van der Waals surface area contributed by atoms with E-state index in [-0.39, 0.29) is 12.3 Å². The van der Waals surface area contributed by atoms with Gasteiger partial charge in [0.15, 0.2) is 5.60 Å². The molecule has 3 aliphatic rings. The van der Waals surface area contributed by atoms with Gasteiger partial charge in [0.2, 0.25) is 6.29 Å². The van der Waals surface area contributed by atoms with E-state index in [1.54, 1.807) is 5.57 Å². The van der Waals surface area contributed by atoms with Crippen LogP contribution >= 0.6 is 15.9 Å². The van der Waals surface area contributed by atoms with Gasteiger partial charge in [-0.2, -0.15) is 0 Å². The summed E-state index contributed by atoms with van der Waals surface area (Å²) < 4.78 is 11.5. The predicted molar refractivity (Wildman–Crippen MR) is 117 cm³/mol. The number of cyclic esters (lactones) is 1. The lowest BCUT2D eigenvalue weighted by Gasteiger charge is -2.44. The van der Waals surface area contributed by atoms with Crippen LogP contribution in [0.25, 0.3) is 0 Å². The molecule has 1 saturated heterocycles. The van der Waals surface area contributed by atoms with Crippen LogP contribution in [0.3, 0.4) is 0 Å². The molecule has 2 aliphatic carbocycles. The highest BCUT2D eigenvalue weighted by Gasteiger charge is 2.51. The molecule has 2 unspecified atom stereocenters. The minimum atomic E-state index is -0.739. The van der Waals surface area contributed by atoms with Crippen LogP contribution in [-0.2, 0) is 14.3 Å². The van der Waals surface area contributed by atoms with Crippen molar-refractivity contribution < 1.29 is 14.3 Å². The first kappa shape index (κ1) is 22.3. The second-order valence-electron chi connectivity index (χ2n) is 9.98. The van der Waals surface area contributed by atoms with Crippen molar-refractivity contribution >= 4 is 21.9 Å². The Morgan fingerprint density at radius 1 is 1.29 bits per heavy atom. The Hall–Kier alpha value is -0.350. The summed E-state index contributed by atoms with van der Waals surface area (Å²) in [5.74, 6) is 2.09. The van der Waals surface area contributed by atoms with Crippen molar-refractivity contribution in [3.8, 4) is 0 Å². The molecule has 160 valence electrons. The van der Waals surface area contributed by atoms with Gasteiger partial charge in [0.1, 0.15) is 0 Å². The number of halogens is 1. The second-order valence-corrected chi connectivity index (χ2v) is 10.4. The Morgan fingerprint density at radius 3 is 2.79 bits per heavy atom. The number of carbonyl (C=O) groups is 1. The van der Waals surface area contributed by atoms with Gasteiger partial charge >= 0.3 is 5.97 Å². The van der Waals surface area contributed by atoms with E-state index in [4.69, 9.17) is 9.47 Å². The van der Waals surface area contributed by atoms with Crippen LogP contribution in [0.15, 0.2) is 10.6 Å². The summed E-state index contributed by atoms with van der Waals surface area (Å²) in [6.45, 7) is 9.05. The van der Waals surface area contributed by atoms with Crippen LogP contribution in [0, 0.1) is 23.2 Å². The zero-order chi connectivity index (χ0) is 20.4. The number of carbonyl (C=O) groups excluding carboxylic acids is 1. The van der Waals surface area contributed by atoms with Crippen molar-refractivity contribution in [3.63, 3.8) is 0 Å². The van der Waals surface area contributed by atoms with Gasteiger partial charge in [-0.3, -0.25) is 0 Å². The fourth-order valence-corrected chi connectivity index (χ4v) is 6.91. The summed E-state index contributed by atoms with van der Waals surface area (Å²) in [7, 11) is 0. The van der Waals surface area contributed by atoms with E-state index in [0.29, 0.717) is 11.3 Å². The Balaban J connectivity index is 1.52. The maximum atomic E-state index is 12.4. The number of unbranched alkanes of at least 4 members (excludes halogenated alkanes) is 1. The van der Waals surface area contributed by atoms with E-state index in [2.05, 4.69) is 41.7 Å². The normalized spacial score (nSPS) is 40.5. The molecule has 0 amide bonds. The molecule has 3 rings (SSSR count). The first-order valence-electron chi connectivity index (χ1n) is 11.5. The van der Waals surface area contributed by atoms with Gasteiger partial charge in [-0.15, -0.1) is 0 Å². The fourth-order valence-electron chi connectivity index (χ4n) is 6.36. The molecule has 6 atom stereocenters. The molecular formula is C24H39BrO3. The van der Waals surface area contributed by atoms with Gasteiger partial charge in [-0.25, -0.2) is 4.79 Å². The highest BCUT2D eigenvalue weighted by molar-refractivity contribution is 9.11. The number of hydrogen-bond acceptors (Lipinski definition) is 3. The lowest BCUT2D eigenvalue weighted by atomic mass is 9.61. The van der Waals surface area contributed by atoms with E-state index in [0.717, 1.165) is 43.9 Å². The third-order valence-electron chi connectivity index (χ3n) is 8.03. The molecule has 28 heavy (non-hydrogen) atoms. The van der Waals surface area contributed by atoms with E-state index in [1.807, 2.05) is 6.92 Å². The molecule has 0 radical (unpaired) electrons. The highest BCUT2D eigenvalue weighted by atomic mass is 79.9. The van der Waals surface area contributed by atoms with Gasteiger partial charge in [0.25, 0.3) is 0 Å². The molecule has 0 aromatic heterocycles. The molecule has 0 N–H and O–H groups in total. The zero-order valence-corrected chi connectivity index (χ0v) is 19.9. The molecule has 0 aromatic carbocycles. The van der Waals surface area contributed by atoms with Crippen LogP contribution in [-0.4, -0.2) is 17.9 Å². The van der Waals surface area contributed by atoms with E-state index in [1.165, 1.54) is 38.5 Å². The van der Waals surface area contributed by atoms with Gasteiger partial charge in [-0.05, 0) is 86.4 Å². The lowest BCUT2D eigenvalue weighted by molar-refractivity contribution is -0.145. The van der Waals surface area contributed by atoms with Crippen molar-refractivity contribution in [1.29, 1.82) is 0 Å². The highest BCUT2D eigenvalue weighted by Crippen LogP contribution is 2.60. The summed E-state index contributed by atoms with van der Waals surface area (Å²) in [6, 6.07) is 0. The van der Waals surface area contributed by atoms with Gasteiger partial charge in [0, 0.05) is 6.42 Å². The third kappa shape index (κ3) is 4.38. The lowest BCUT2D eigenvalue weighted by Crippen LogP contribution is -2.36. The zero-order valence-electron chi connectivity index (χ0n) is 18.3. The predicted octanol–water partition coefficient (Wildman–Crippen LogP) is 7.14. The summed E-state index contributed by atoms with van der Waals surface area (Å²) >= 11 is 3.62. The third-order valence-corrected chi connectivity index (χ3v) is 8.62. The molecule has 1 heterocycles. The van der Waals surface area contributed by atoms with Crippen LogP contribution in [0.4, 0.5) is 0 Å². The van der Waals surface area contributed by atoms with Crippen LogP contribution in [0.1, 0.15) is 98.3 Å². The van der Waals surface area contributed by atoms with Crippen molar-refractivity contribution in [2.75, 3.05) is 0 Å². The summed E-state index contributed by atoms with van der Waals surface area (Å²) in [4.78, 5) is 14.6. The minimum absolute atomic E-state index is 0.159. The van der Waals surface area contributed by atoms with E-state index in [9.17, 15) is 4.79 Å². The average molecular weight is 455 g/mol. The minimum Gasteiger partial charge on any atom is -0.434 e. The molecule has 1 aliphatic heterocycles. The Labute approximate surface area is 180 Å². The largest absolute Gasteiger partial charge is 0.434 e. The second kappa shape index (κ2) is 9.20. The first-order chi connectivity index (χ1) is 13.3. The number of esters is 1. The van der Waals surface area contributed by atoms with Crippen molar-refractivity contribution in [1.82, 2.24) is 0 Å². The SMILES string of the molecule is CCCC[C@@H]1OC(=O)[C@@](C)(CCC[C@@H](C)C2CC[C@H]3/C(=C/Br)CCCC23C)O1. The van der Waals surface area contributed by atoms with Crippen molar-refractivity contribution in [2.45, 2.75) is 110 Å². The van der Waals surface area contributed by atoms with Gasteiger partial charge in [0.05, 0.1) is 0 Å². The number of allylic oxidation sites excluding steroid dienone is 1. The van der Waals surface area contributed by atoms with Crippen LogP contribution < -0.4 is 0 Å². The molecule has 4 heteroatoms. The fraction of sp³-hybridized carbons (Fsp3) is 0.875. The number of rotatable bonds is 8. The molecular weight excluding hydrogens is 416 g/mol. The number of hydrogen-bond donors (Lipinski definition) is 0. The molecule has 0 spiro atoms. The standard InChI is InChI=1S/C24H39BrO3/c1-5-6-11-21-27-22(26)24(4,28-21)15-7-9-17(2)19-12-13-20-18(16-25)10-8-14-23(19,20)3/h16-17,19-21H,5-15H2,1-4H3/b18-16+/t17-,19?,20+,21-,23?,24-/m1/s1. The maximum Gasteiger partial charge on any atom is 0.340 e. The first-order valence-corrected chi connectivity index (χ1v) is 12.4. The Morgan fingerprint density at radius 2 is 2.07 bits per heavy atom. The van der Waals surface area contributed by atoms with Crippen LogP contribution in [0.5, 0.6) is 0 Å². The molecule has 0 aromatic rings. The monoisotopic (exact) mass is 454 g/mol. The molecule has 3 nitrogen and oxygen atoms in total. The Bertz CT molecular complexity index is 588. The quantitative estimate of drug-likeness (QED) is 0.365. The number of ether oxygens (including phenoxy) is 2. The molecule has 3 fully saturated rings. The Kier molecular flexibility index (Phi) is 7.34. The summed E-state index contributed by atoms with van der Waals surface area (Å²) in [5, 5.41) is 0. The topological polar surface area (TPSA) is 35.5 Å². The van der Waals surface area contributed by atoms with Crippen LogP contribution in [0.2, 0.25) is 0 Å². The number of fused-ring (bicyclic) bond motifs is 1. The van der Waals surface area contributed by atoms with Crippen molar-refractivity contribution in [2.24, 2.45) is 23.2 Å². The van der Waals surface area contributed by atoms with E-state index < -0.39 is 5.60 Å². The maximum absolute atomic E-state index is 12.4. The summed E-state index contributed by atoms with van der Waals surface area (Å²) in [5.41, 5.74) is 1.35. The van der Waals surface area contributed by atoms with E-state index >= 15 is 0 Å².